The second-order valence-corrected chi connectivity index (χ2v) is 1.70. The first-order valence-electron chi connectivity index (χ1n) is 1.70. The summed E-state index contributed by atoms with van der Waals surface area (Å²) in [6, 6.07) is 0. The van der Waals surface area contributed by atoms with Crippen molar-refractivity contribution in [2.24, 2.45) is 0 Å². The maximum atomic E-state index is 4.48. The van der Waals surface area contributed by atoms with E-state index in [0.29, 0.717) is 0 Å². The fourth-order valence-electron chi connectivity index (χ4n) is 0.211. The zero-order chi connectivity index (χ0) is 5.98. The summed E-state index contributed by atoms with van der Waals surface area (Å²) in [5, 5.41) is 13.7. The molecule has 7 heteroatoms. The van der Waals surface area contributed by atoms with Crippen molar-refractivity contribution in [1.29, 1.82) is 0 Å². The first-order valence-corrected chi connectivity index (χ1v) is 2.52. The fraction of sp³-hybridized carbons (Fsp3) is 0. The molecule has 0 atom stereocenters. The number of hydrogen-bond donors (Lipinski definition) is 0. The van der Waals surface area contributed by atoms with Crippen LogP contribution in [-0.2, 0) is 42.3 Å². The Bertz CT molecular complexity index is 155. The summed E-state index contributed by atoms with van der Waals surface area (Å²) >= 11 is 8.96. The summed E-state index contributed by atoms with van der Waals surface area (Å²) in [4.78, 5) is 0. The minimum atomic E-state index is 0. The number of hydrogen-bond acceptors (Lipinski definition) is 6. The van der Waals surface area contributed by atoms with E-state index < -0.39 is 0 Å². The Morgan fingerprint density at radius 2 is 1.00 bits per heavy atom. The molecule has 0 spiro atoms. The van der Waals surface area contributed by atoms with E-state index in [1.165, 1.54) is 0 Å². The minimum absolute atomic E-state index is 0. The summed E-state index contributed by atoms with van der Waals surface area (Å²) in [7, 11) is 0. The molecule has 1 heterocycles. The van der Waals surface area contributed by atoms with Gasteiger partial charge in [0, 0.05) is 0 Å². The molecule has 48 valence electrons. The fourth-order valence-corrected chi connectivity index (χ4v) is 0.374. The van der Waals surface area contributed by atoms with Gasteiger partial charge in [0.2, 0.25) is 0 Å². The quantitative estimate of drug-likeness (QED) is 0.398. The van der Waals surface area contributed by atoms with E-state index >= 15 is 0 Å². The molecule has 0 aliphatic carbocycles. The van der Waals surface area contributed by atoms with E-state index in [4.69, 9.17) is 0 Å². The topological polar surface area (TPSA) is 51.6 Å². The predicted molar refractivity (Wildman–Crippen MR) is 28.9 cm³/mol. The summed E-state index contributed by atoms with van der Waals surface area (Å²) in [5.41, 5.74) is 0. The van der Waals surface area contributed by atoms with Crippen molar-refractivity contribution >= 4 is 25.3 Å². The number of rotatable bonds is 0. The Morgan fingerprint density at radius 1 is 0.778 bits per heavy atom. The van der Waals surface area contributed by atoms with Gasteiger partial charge in [0.15, 0.2) is 0 Å². The van der Waals surface area contributed by atoms with Crippen LogP contribution in [0.15, 0.2) is 10.3 Å². The summed E-state index contributed by atoms with van der Waals surface area (Å²) in [5.74, 6) is 0. The van der Waals surface area contributed by atoms with Gasteiger partial charge in [-0.1, -0.05) is 0 Å². The standard InChI is InChI=1S/C2H2N4S2.Fe/c7-1-3-5-2(8)6-4-1;/h(H,3,4,7)(H,5,6,8);/q;+2/p-2. The first-order chi connectivity index (χ1) is 3.79. The van der Waals surface area contributed by atoms with Crippen molar-refractivity contribution in [3.63, 3.8) is 0 Å². The molecule has 9 heavy (non-hydrogen) atoms. The van der Waals surface area contributed by atoms with E-state index in [-0.39, 0.29) is 27.4 Å². The number of nitrogens with zero attached hydrogens (tertiary/aromatic N) is 4. The van der Waals surface area contributed by atoms with Crippen molar-refractivity contribution in [3.05, 3.63) is 0 Å². The van der Waals surface area contributed by atoms with Crippen LogP contribution in [0.2, 0.25) is 0 Å². The van der Waals surface area contributed by atoms with Gasteiger partial charge in [0.05, 0.1) is 10.3 Å². The summed E-state index contributed by atoms with van der Waals surface area (Å²) in [6.45, 7) is 0. The van der Waals surface area contributed by atoms with Crippen LogP contribution in [0.3, 0.4) is 0 Å². The van der Waals surface area contributed by atoms with Gasteiger partial charge in [-0.05, 0) is 0 Å². The van der Waals surface area contributed by atoms with Gasteiger partial charge in [-0.2, -0.15) is 20.4 Å². The molecule has 0 N–H and O–H groups in total. The molecule has 0 bridgehead atoms. The van der Waals surface area contributed by atoms with E-state index in [2.05, 4.69) is 45.7 Å². The van der Waals surface area contributed by atoms with Gasteiger partial charge in [-0.25, -0.2) is 0 Å². The molecule has 0 aliphatic heterocycles. The average molecular weight is 200 g/mol. The van der Waals surface area contributed by atoms with Crippen LogP contribution < -0.4 is 0 Å². The van der Waals surface area contributed by atoms with Crippen LogP contribution in [0.25, 0.3) is 0 Å². The van der Waals surface area contributed by atoms with Crippen molar-refractivity contribution in [2.75, 3.05) is 0 Å². The average Bonchev–Trinajstić information content (AvgIpc) is 1.77. The Kier molecular flexibility index (Phi) is 3.79. The Hall–Kier alpha value is -0.101. The zero-order valence-electron chi connectivity index (χ0n) is 3.96. The molecule has 0 unspecified atom stereocenters. The van der Waals surface area contributed by atoms with Gasteiger partial charge >= 0.3 is 17.1 Å². The smallest absolute Gasteiger partial charge is 0.736 e. The Morgan fingerprint density at radius 3 is 1.22 bits per heavy atom. The second kappa shape index (κ2) is 3.84. The largest absolute Gasteiger partial charge is 2.00 e. The molecule has 0 aromatic carbocycles. The van der Waals surface area contributed by atoms with Gasteiger partial charge in [-0.15, -0.1) is 0 Å². The second-order valence-electron chi connectivity index (χ2n) is 0.965. The Labute approximate surface area is 73.2 Å². The van der Waals surface area contributed by atoms with Gasteiger partial charge in [0.25, 0.3) is 0 Å². The van der Waals surface area contributed by atoms with Crippen LogP contribution in [0.4, 0.5) is 0 Å². The van der Waals surface area contributed by atoms with Crippen molar-refractivity contribution in [3.8, 4) is 0 Å². The molecule has 0 saturated carbocycles. The van der Waals surface area contributed by atoms with Gasteiger partial charge < -0.3 is 25.3 Å². The molecule has 1 aromatic heterocycles. The third kappa shape index (κ3) is 2.81. The molecule has 0 amide bonds. The van der Waals surface area contributed by atoms with E-state index in [0.717, 1.165) is 0 Å². The molecule has 4 nitrogen and oxygen atoms in total. The van der Waals surface area contributed by atoms with Crippen LogP contribution in [0.1, 0.15) is 0 Å². The SMILES string of the molecule is [Fe+2].[S-]c1nnc([S-])nn1. The van der Waals surface area contributed by atoms with Crippen LogP contribution in [0, 0.1) is 0 Å². The van der Waals surface area contributed by atoms with Crippen molar-refractivity contribution in [1.82, 2.24) is 20.4 Å². The van der Waals surface area contributed by atoms with Gasteiger partial charge in [-0.3, -0.25) is 0 Å². The molecule has 1 rings (SSSR count). The van der Waals surface area contributed by atoms with Crippen LogP contribution >= 0.6 is 0 Å². The molecular formula is C2FeN4S2. The molecule has 0 aliphatic rings. The van der Waals surface area contributed by atoms with Crippen LogP contribution in [0.5, 0.6) is 0 Å². The summed E-state index contributed by atoms with van der Waals surface area (Å²) < 4.78 is 0. The van der Waals surface area contributed by atoms with Crippen LogP contribution in [-0.4, -0.2) is 20.4 Å². The summed E-state index contributed by atoms with van der Waals surface area (Å²) in [6.07, 6.45) is 0. The predicted octanol–water partition coefficient (Wildman–Crippen LogP) is -0.924. The van der Waals surface area contributed by atoms with E-state index in [9.17, 15) is 0 Å². The minimum Gasteiger partial charge on any atom is -0.736 e. The normalized spacial score (nSPS) is 8.00. The van der Waals surface area contributed by atoms with Crippen molar-refractivity contribution < 1.29 is 17.1 Å². The Balaban J connectivity index is 0.000000640. The first kappa shape index (κ1) is 8.90. The molecule has 0 saturated heterocycles. The molecule has 1 aromatic rings. The zero-order valence-corrected chi connectivity index (χ0v) is 6.70. The molecular weight excluding hydrogens is 200 g/mol. The third-order valence-corrected chi connectivity index (χ3v) is 0.769. The van der Waals surface area contributed by atoms with E-state index in [1.54, 1.807) is 0 Å². The number of aromatic nitrogens is 4. The maximum absolute atomic E-state index is 4.48. The maximum Gasteiger partial charge on any atom is 2.00 e. The third-order valence-electron chi connectivity index (χ3n) is 0.442. The van der Waals surface area contributed by atoms with Gasteiger partial charge in [0.1, 0.15) is 0 Å². The monoisotopic (exact) mass is 200 g/mol. The van der Waals surface area contributed by atoms with E-state index in [1.807, 2.05) is 0 Å². The molecule has 0 fully saturated rings. The molecule has 0 radical (unpaired) electrons. The van der Waals surface area contributed by atoms with Crippen molar-refractivity contribution in [2.45, 2.75) is 10.3 Å².